The molecule has 2 atom stereocenters. The van der Waals surface area contributed by atoms with E-state index in [0.717, 1.165) is 17.9 Å². The molecule has 2 saturated heterocycles. The van der Waals surface area contributed by atoms with Crippen LogP contribution >= 0.6 is 0 Å². The molecule has 0 aromatic rings. The first-order valence-corrected chi connectivity index (χ1v) is 6.57. The highest BCUT2D eigenvalue weighted by Crippen LogP contribution is 2.26. The molecule has 0 saturated carbocycles. The Balaban J connectivity index is 1.87. The van der Waals surface area contributed by atoms with Crippen LogP contribution in [0.2, 0.25) is 0 Å². The van der Waals surface area contributed by atoms with E-state index in [4.69, 9.17) is 0 Å². The van der Waals surface area contributed by atoms with Crippen LogP contribution < -0.4 is 0 Å². The van der Waals surface area contributed by atoms with Gasteiger partial charge in [0.2, 0.25) is 0 Å². The molecule has 0 spiro atoms. The van der Waals surface area contributed by atoms with E-state index in [0.29, 0.717) is 0 Å². The van der Waals surface area contributed by atoms with Crippen molar-refractivity contribution in [1.82, 2.24) is 9.80 Å². The normalized spacial score (nSPS) is 37.0. The predicted molar refractivity (Wildman–Crippen MR) is 65.0 cm³/mol. The highest BCUT2D eigenvalue weighted by molar-refractivity contribution is 4.83. The fraction of sp³-hybridized carbons (Fsp3) is 1.00. The lowest BCUT2D eigenvalue weighted by molar-refractivity contribution is 0.0604. The molecule has 0 unspecified atom stereocenters. The molecular formula is C13H26N2. The lowest BCUT2D eigenvalue weighted by Gasteiger charge is -2.43. The Hall–Kier alpha value is -0.0800. The number of hydrogen-bond acceptors (Lipinski definition) is 2. The van der Waals surface area contributed by atoms with Crippen molar-refractivity contribution >= 4 is 0 Å². The Kier molecular flexibility index (Phi) is 3.68. The Labute approximate surface area is 94.6 Å². The van der Waals surface area contributed by atoms with Gasteiger partial charge in [-0.25, -0.2) is 0 Å². The highest BCUT2D eigenvalue weighted by atomic mass is 15.2. The van der Waals surface area contributed by atoms with E-state index in [1.54, 1.807) is 0 Å². The molecule has 0 N–H and O–H groups in total. The van der Waals surface area contributed by atoms with Gasteiger partial charge in [0.05, 0.1) is 0 Å². The highest BCUT2D eigenvalue weighted by Gasteiger charge is 2.28. The van der Waals surface area contributed by atoms with Crippen LogP contribution in [0.3, 0.4) is 0 Å². The molecule has 0 radical (unpaired) electrons. The topological polar surface area (TPSA) is 6.48 Å². The second-order valence-electron chi connectivity index (χ2n) is 5.93. The van der Waals surface area contributed by atoms with Gasteiger partial charge in [0.1, 0.15) is 0 Å². The Morgan fingerprint density at radius 3 is 2.00 bits per heavy atom. The van der Waals surface area contributed by atoms with Gasteiger partial charge >= 0.3 is 0 Å². The van der Waals surface area contributed by atoms with E-state index in [2.05, 4.69) is 30.7 Å². The summed E-state index contributed by atoms with van der Waals surface area (Å²) in [5.41, 5.74) is 0. The van der Waals surface area contributed by atoms with Gasteiger partial charge in [-0.3, -0.25) is 4.90 Å². The van der Waals surface area contributed by atoms with E-state index in [1.165, 1.54) is 45.4 Å². The van der Waals surface area contributed by atoms with Crippen molar-refractivity contribution < 1.29 is 0 Å². The number of piperidine rings is 2. The van der Waals surface area contributed by atoms with Crippen molar-refractivity contribution in [2.45, 2.75) is 39.2 Å². The van der Waals surface area contributed by atoms with Gasteiger partial charge in [-0.05, 0) is 51.2 Å². The maximum absolute atomic E-state index is 2.77. The number of hydrogen-bond donors (Lipinski definition) is 0. The summed E-state index contributed by atoms with van der Waals surface area (Å²) in [7, 11) is 2.25. The van der Waals surface area contributed by atoms with Gasteiger partial charge in [-0.1, -0.05) is 13.8 Å². The lowest BCUT2D eigenvalue weighted by atomic mass is 9.89. The Bertz CT molecular complexity index is 187. The minimum Gasteiger partial charge on any atom is -0.306 e. The summed E-state index contributed by atoms with van der Waals surface area (Å²) in [6, 6.07) is 0.881. The molecule has 88 valence electrons. The molecule has 0 bridgehead atoms. The number of likely N-dealkylation sites (tertiary alicyclic amines) is 2. The molecule has 0 aromatic heterocycles. The minimum atomic E-state index is 0.881. The summed E-state index contributed by atoms with van der Waals surface area (Å²) >= 11 is 0. The second-order valence-corrected chi connectivity index (χ2v) is 5.93. The summed E-state index contributed by atoms with van der Waals surface area (Å²) in [6.45, 7) is 10.1. The monoisotopic (exact) mass is 210 g/mol. The van der Waals surface area contributed by atoms with Crippen molar-refractivity contribution in [2.24, 2.45) is 11.8 Å². The minimum absolute atomic E-state index is 0.881. The molecule has 2 aliphatic rings. The first-order chi connectivity index (χ1) is 7.15. The summed E-state index contributed by atoms with van der Waals surface area (Å²) < 4.78 is 0. The van der Waals surface area contributed by atoms with Crippen LogP contribution in [-0.4, -0.2) is 49.1 Å². The predicted octanol–water partition coefficient (Wildman–Crippen LogP) is 2.06. The van der Waals surface area contributed by atoms with Gasteiger partial charge < -0.3 is 4.90 Å². The quantitative estimate of drug-likeness (QED) is 0.653. The van der Waals surface area contributed by atoms with Gasteiger partial charge in [-0.15, -0.1) is 0 Å². The van der Waals surface area contributed by atoms with Crippen molar-refractivity contribution in [1.29, 1.82) is 0 Å². The maximum Gasteiger partial charge on any atom is 0.0120 e. The molecule has 2 rings (SSSR count). The van der Waals surface area contributed by atoms with Crippen molar-refractivity contribution in [3.63, 3.8) is 0 Å². The molecule has 2 aliphatic heterocycles. The average Bonchev–Trinajstić information content (AvgIpc) is 2.17. The van der Waals surface area contributed by atoms with Crippen LogP contribution in [0, 0.1) is 11.8 Å². The molecule has 0 aromatic carbocycles. The van der Waals surface area contributed by atoms with E-state index in [-0.39, 0.29) is 0 Å². The van der Waals surface area contributed by atoms with Gasteiger partial charge in [-0.2, -0.15) is 0 Å². The van der Waals surface area contributed by atoms with Crippen molar-refractivity contribution in [3.8, 4) is 0 Å². The van der Waals surface area contributed by atoms with E-state index < -0.39 is 0 Å². The zero-order chi connectivity index (χ0) is 10.8. The Morgan fingerprint density at radius 1 is 0.933 bits per heavy atom. The molecule has 0 amide bonds. The third-order valence-corrected chi connectivity index (χ3v) is 4.10. The number of nitrogens with zero attached hydrogens (tertiary/aromatic N) is 2. The standard InChI is InChI=1S/C13H26N2/c1-11-8-12(2)10-15(9-11)13-4-6-14(3)7-5-13/h11-13H,4-10H2,1-3H3/t11-,12-/m1/s1. The van der Waals surface area contributed by atoms with Crippen LogP contribution in [0.1, 0.15) is 33.1 Å². The third kappa shape index (κ3) is 2.94. The largest absolute Gasteiger partial charge is 0.306 e. The van der Waals surface area contributed by atoms with Crippen LogP contribution in [0.4, 0.5) is 0 Å². The summed E-state index contributed by atoms with van der Waals surface area (Å²) in [4.78, 5) is 5.24. The SMILES string of the molecule is C[C@@H]1C[C@@H](C)CN(C2CCN(C)CC2)C1. The molecule has 2 nitrogen and oxygen atoms in total. The van der Waals surface area contributed by atoms with Crippen LogP contribution in [0.5, 0.6) is 0 Å². The second kappa shape index (κ2) is 4.84. The molecule has 0 aliphatic carbocycles. The first-order valence-electron chi connectivity index (χ1n) is 6.57. The van der Waals surface area contributed by atoms with Crippen LogP contribution in [0.15, 0.2) is 0 Å². The summed E-state index contributed by atoms with van der Waals surface area (Å²) in [5.74, 6) is 1.82. The maximum atomic E-state index is 2.77. The Morgan fingerprint density at radius 2 is 1.47 bits per heavy atom. The molecular weight excluding hydrogens is 184 g/mol. The van der Waals surface area contributed by atoms with Gasteiger partial charge in [0.25, 0.3) is 0 Å². The van der Waals surface area contributed by atoms with Crippen molar-refractivity contribution in [2.75, 3.05) is 33.2 Å². The molecule has 2 heterocycles. The zero-order valence-corrected chi connectivity index (χ0v) is 10.6. The summed E-state index contributed by atoms with van der Waals surface area (Å²) in [5, 5.41) is 0. The summed E-state index contributed by atoms with van der Waals surface area (Å²) in [6.07, 6.45) is 4.20. The number of rotatable bonds is 1. The average molecular weight is 210 g/mol. The molecule has 15 heavy (non-hydrogen) atoms. The third-order valence-electron chi connectivity index (χ3n) is 4.10. The smallest absolute Gasteiger partial charge is 0.0120 e. The van der Waals surface area contributed by atoms with Crippen LogP contribution in [0.25, 0.3) is 0 Å². The lowest BCUT2D eigenvalue weighted by Crippen LogP contribution is -2.49. The first kappa shape index (κ1) is 11.4. The fourth-order valence-electron chi connectivity index (χ4n) is 3.37. The van der Waals surface area contributed by atoms with E-state index in [1.807, 2.05) is 0 Å². The van der Waals surface area contributed by atoms with Gasteiger partial charge in [0, 0.05) is 19.1 Å². The van der Waals surface area contributed by atoms with Crippen LogP contribution in [-0.2, 0) is 0 Å². The molecule has 2 heteroatoms. The zero-order valence-electron chi connectivity index (χ0n) is 10.6. The van der Waals surface area contributed by atoms with E-state index in [9.17, 15) is 0 Å². The molecule has 2 fully saturated rings. The fourth-order valence-corrected chi connectivity index (χ4v) is 3.37. The van der Waals surface area contributed by atoms with Gasteiger partial charge in [0.15, 0.2) is 0 Å². The van der Waals surface area contributed by atoms with Crippen molar-refractivity contribution in [3.05, 3.63) is 0 Å². The van der Waals surface area contributed by atoms with E-state index >= 15 is 0 Å².